The van der Waals surface area contributed by atoms with Crippen molar-refractivity contribution >= 4 is 39.1 Å². The molecule has 2 aromatic carbocycles. The molecule has 3 atom stereocenters. The molecule has 2 aliphatic rings. The van der Waals surface area contributed by atoms with Crippen molar-refractivity contribution in [1.82, 2.24) is 9.80 Å². The average Bonchev–Trinajstić information content (AvgIpc) is 3.49. The van der Waals surface area contributed by atoms with Gasteiger partial charge in [-0.3, -0.25) is 14.5 Å². The Kier molecular flexibility index (Phi) is 9.26. The highest BCUT2D eigenvalue weighted by atomic mass is 35.5. The smallest absolute Gasteiger partial charge is 0.274 e. The van der Waals surface area contributed by atoms with Gasteiger partial charge in [0.15, 0.2) is 5.54 Å². The highest BCUT2D eigenvalue weighted by Gasteiger charge is 2.65. The molecule has 1 saturated heterocycles. The van der Waals surface area contributed by atoms with Crippen LogP contribution in [0.25, 0.3) is 0 Å². The third-order valence-corrected chi connectivity index (χ3v) is 9.43. The van der Waals surface area contributed by atoms with Gasteiger partial charge in [0.2, 0.25) is 5.91 Å². The molecule has 0 unspecified atom stereocenters. The number of hydrogen-bond donors (Lipinski definition) is 1. The zero-order chi connectivity index (χ0) is 31.7. The molecule has 11 nitrogen and oxygen atoms in total. The number of hydrogen-bond acceptors (Lipinski definition) is 9. The molecule has 0 saturated carbocycles. The number of ether oxygens (including phenoxy) is 3. The molecule has 2 amide bonds. The summed E-state index contributed by atoms with van der Waals surface area (Å²) < 4.78 is 46.0. The Morgan fingerprint density at radius 1 is 1.14 bits per heavy atom. The number of carbonyl (C=O) groups excluding carboxylic acids is 2. The third kappa shape index (κ3) is 5.29. The molecule has 2 aromatic rings. The highest BCUT2D eigenvalue weighted by molar-refractivity contribution is 7.93. The summed E-state index contributed by atoms with van der Waals surface area (Å²) in [5.74, 6) is -1.03. The van der Waals surface area contributed by atoms with E-state index in [9.17, 15) is 18.3 Å². The Morgan fingerprint density at radius 3 is 2.47 bits per heavy atom. The number of allylic oxidation sites excluding steroid dienone is 4. The van der Waals surface area contributed by atoms with Crippen molar-refractivity contribution in [2.75, 3.05) is 46.3 Å². The van der Waals surface area contributed by atoms with E-state index in [1.54, 1.807) is 26.2 Å². The van der Waals surface area contributed by atoms with Crippen molar-refractivity contribution < 1.29 is 37.3 Å². The number of β-amino-alcohol motifs (C(OH)–C–C–N with tert-alkyl or cyclic N) is 1. The summed E-state index contributed by atoms with van der Waals surface area (Å²) in [6, 6.07) is 7.47. The van der Waals surface area contributed by atoms with Crippen LogP contribution < -0.4 is 13.8 Å². The van der Waals surface area contributed by atoms with Gasteiger partial charge in [-0.15, -0.1) is 0 Å². The maximum absolute atomic E-state index is 15.0. The SMILES string of the molecule is C=C/C=C\C=C(/OC)[C@@]1(N2C[C@H](O)C[C@H]2C(=O)N(C)C)C(=O)N(S(=O)(=O)c2ccc(OC)cc2OC)c2ccc(Cl)cc21. The number of benzene rings is 2. The summed E-state index contributed by atoms with van der Waals surface area (Å²) in [6.45, 7) is 3.52. The average molecular weight is 632 g/mol. The summed E-state index contributed by atoms with van der Waals surface area (Å²) >= 11 is 6.47. The van der Waals surface area contributed by atoms with Crippen LogP contribution in [0.4, 0.5) is 5.69 Å². The molecular weight excluding hydrogens is 598 g/mol. The minimum Gasteiger partial charge on any atom is -0.498 e. The summed E-state index contributed by atoms with van der Waals surface area (Å²) in [7, 11) is 2.53. The van der Waals surface area contributed by atoms with Crippen molar-refractivity contribution in [3.8, 4) is 11.5 Å². The number of nitrogens with zero attached hydrogens (tertiary/aromatic N) is 3. The van der Waals surface area contributed by atoms with E-state index in [-0.39, 0.29) is 51.6 Å². The summed E-state index contributed by atoms with van der Waals surface area (Å²) in [5.41, 5.74) is -1.87. The van der Waals surface area contributed by atoms with E-state index < -0.39 is 33.6 Å². The molecule has 4 rings (SSSR count). The zero-order valence-corrected chi connectivity index (χ0v) is 26.1. The Labute approximate surface area is 256 Å². The maximum Gasteiger partial charge on any atom is 0.274 e. The lowest BCUT2D eigenvalue weighted by atomic mass is 9.85. The van der Waals surface area contributed by atoms with E-state index >= 15 is 4.79 Å². The molecule has 2 heterocycles. The number of likely N-dealkylation sites (tertiary alicyclic amines) is 1. The highest BCUT2D eigenvalue weighted by Crippen LogP contribution is 2.54. The van der Waals surface area contributed by atoms with Crippen LogP contribution in [0.5, 0.6) is 11.5 Å². The van der Waals surface area contributed by atoms with Gasteiger partial charge in [0.05, 0.1) is 39.2 Å². The second-order valence-corrected chi connectivity index (χ2v) is 12.3. The molecule has 1 N–H and O–H groups in total. The number of methoxy groups -OCH3 is 3. The predicted molar refractivity (Wildman–Crippen MR) is 162 cm³/mol. The van der Waals surface area contributed by atoms with E-state index in [4.69, 9.17) is 25.8 Å². The van der Waals surface area contributed by atoms with Crippen LogP contribution in [-0.2, 0) is 29.9 Å². The van der Waals surface area contributed by atoms with Crippen LogP contribution in [0.15, 0.2) is 77.9 Å². The van der Waals surface area contributed by atoms with Gasteiger partial charge >= 0.3 is 0 Å². The number of amides is 2. The van der Waals surface area contributed by atoms with Gasteiger partial charge in [-0.1, -0.05) is 36.4 Å². The second-order valence-electron chi connectivity index (χ2n) is 10.1. The molecule has 1 fully saturated rings. The van der Waals surface area contributed by atoms with E-state index in [2.05, 4.69) is 6.58 Å². The third-order valence-electron chi connectivity index (χ3n) is 7.46. The Bertz CT molecular complexity index is 1610. The number of fused-ring (bicyclic) bond motifs is 1. The van der Waals surface area contributed by atoms with Gasteiger partial charge in [0.25, 0.3) is 15.9 Å². The van der Waals surface area contributed by atoms with E-state index in [0.29, 0.717) is 10.1 Å². The fourth-order valence-electron chi connectivity index (χ4n) is 5.60. The Balaban J connectivity index is 2.09. The minimum atomic E-state index is -4.66. The van der Waals surface area contributed by atoms with Crippen LogP contribution >= 0.6 is 11.6 Å². The van der Waals surface area contributed by atoms with Gasteiger partial charge in [-0.2, -0.15) is 0 Å². The van der Waals surface area contributed by atoms with Crippen LogP contribution in [0.3, 0.4) is 0 Å². The first-order valence-corrected chi connectivity index (χ1v) is 15.0. The lowest BCUT2D eigenvalue weighted by molar-refractivity contribution is -0.139. The lowest BCUT2D eigenvalue weighted by Gasteiger charge is -2.41. The van der Waals surface area contributed by atoms with Crippen molar-refractivity contribution in [3.63, 3.8) is 0 Å². The fraction of sp³-hybridized carbons (Fsp3) is 0.333. The largest absolute Gasteiger partial charge is 0.498 e. The molecule has 0 aliphatic carbocycles. The monoisotopic (exact) mass is 631 g/mol. The first-order chi connectivity index (χ1) is 20.4. The predicted octanol–water partition coefficient (Wildman–Crippen LogP) is 3.08. The van der Waals surface area contributed by atoms with Gasteiger partial charge < -0.3 is 24.2 Å². The van der Waals surface area contributed by atoms with Crippen LogP contribution in [0.2, 0.25) is 5.02 Å². The number of aliphatic hydroxyl groups is 1. The molecule has 230 valence electrons. The minimum absolute atomic E-state index is 0.000336. The van der Waals surface area contributed by atoms with Gasteiger partial charge in [0.1, 0.15) is 22.2 Å². The number of aliphatic hydroxyl groups excluding tert-OH is 1. The molecule has 43 heavy (non-hydrogen) atoms. The first-order valence-electron chi connectivity index (χ1n) is 13.2. The summed E-state index contributed by atoms with van der Waals surface area (Å²) in [4.78, 5) is 31.1. The number of likely N-dealkylation sites (N-methyl/N-ethyl adjacent to an activating group) is 1. The summed E-state index contributed by atoms with van der Waals surface area (Å²) in [5, 5.41) is 11.1. The van der Waals surface area contributed by atoms with E-state index in [0.717, 1.165) is 0 Å². The standard InChI is InChI=1S/C30H34ClN3O8S/c1-7-8-9-10-27(42-6)30(33-18-20(35)16-24(33)28(36)32(2)3)22-15-19(31)11-13-23(22)34(29(30)37)43(38,39)26-14-12-21(40-4)17-25(26)41-5/h7-15,17,20,24,35H,1,16,18H2,2-6H3/b9-8-,27-10-/t20-,24+,30-/m1/s1. The van der Waals surface area contributed by atoms with Crippen LogP contribution in [0, 0.1) is 0 Å². The lowest BCUT2D eigenvalue weighted by Crippen LogP contribution is -2.59. The van der Waals surface area contributed by atoms with Crippen molar-refractivity contribution in [2.45, 2.75) is 29.0 Å². The van der Waals surface area contributed by atoms with Crippen LogP contribution in [0.1, 0.15) is 12.0 Å². The number of halogens is 1. The normalized spacial score (nSPS) is 22.5. The van der Waals surface area contributed by atoms with Gasteiger partial charge in [-0.25, -0.2) is 12.7 Å². The van der Waals surface area contributed by atoms with Crippen LogP contribution in [-0.4, -0.2) is 89.3 Å². The number of sulfonamides is 1. The maximum atomic E-state index is 15.0. The molecule has 0 aromatic heterocycles. The van der Waals surface area contributed by atoms with Gasteiger partial charge in [0, 0.05) is 37.3 Å². The topological polar surface area (TPSA) is 126 Å². The Morgan fingerprint density at radius 2 is 1.86 bits per heavy atom. The molecule has 0 bridgehead atoms. The molecule has 2 aliphatic heterocycles. The number of rotatable bonds is 10. The molecular formula is C30H34ClN3O8S. The number of carbonyl (C=O) groups is 2. The summed E-state index contributed by atoms with van der Waals surface area (Å²) in [6.07, 6.45) is 5.18. The zero-order valence-electron chi connectivity index (χ0n) is 24.5. The van der Waals surface area contributed by atoms with Crippen molar-refractivity contribution in [2.24, 2.45) is 0 Å². The van der Waals surface area contributed by atoms with Gasteiger partial charge in [-0.05, 0) is 42.8 Å². The quantitative estimate of drug-likeness (QED) is 0.311. The van der Waals surface area contributed by atoms with E-state index in [1.807, 2.05) is 0 Å². The first kappa shape index (κ1) is 32.1. The fourth-order valence-corrected chi connectivity index (χ4v) is 7.38. The molecule has 13 heteroatoms. The number of anilines is 1. The van der Waals surface area contributed by atoms with Crippen molar-refractivity contribution in [1.29, 1.82) is 0 Å². The molecule has 0 radical (unpaired) electrons. The van der Waals surface area contributed by atoms with E-state index in [1.165, 1.54) is 79.7 Å². The Hall–Kier alpha value is -3.84. The second kappa shape index (κ2) is 12.4. The molecule has 0 spiro atoms. The van der Waals surface area contributed by atoms with Crippen molar-refractivity contribution in [3.05, 3.63) is 83.6 Å².